The number of allylic oxidation sites excluding steroid dienone is 6. The fourth-order valence-corrected chi connectivity index (χ4v) is 24.8. The highest BCUT2D eigenvalue weighted by atomic mass is 35.5. The van der Waals surface area contributed by atoms with E-state index >= 15 is 0 Å². The lowest BCUT2D eigenvalue weighted by Crippen LogP contribution is -2.40. The number of hydrogen-bond donors (Lipinski definition) is 8. The minimum atomic E-state index is -4.24. The van der Waals surface area contributed by atoms with E-state index in [4.69, 9.17) is 53.8 Å². The zero-order valence-corrected chi connectivity index (χ0v) is 91.5. The fourth-order valence-electron chi connectivity index (χ4n) is 17.5. The number of nitrogens with one attached hydrogen (secondary N) is 8. The Morgan fingerprint density at radius 1 is 0.411 bits per heavy atom. The minimum absolute atomic E-state index is 0.00825. The highest BCUT2D eigenvalue weighted by molar-refractivity contribution is 7.91. The van der Waals surface area contributed by atoms with Gasteiger partial charge in [-0.2, -0.15) is 0 Å². The number of carbonyl (C=O) groups excluding carboxylic acids is 10. The summed E-state index contributed by atoms with van der Waals surface area (Å²) in [5.41, 5.74) is -2.23. The van der Waals surface area contributed by atoms with Gasteiger partial charge in [-0.05, 0) is 233 Å². The van der Waals surface area contributed by atoms with Crippen LogP contribution in [0.3, 0.4) is 0 Å². The van der Waals surface area contributed by atoms with Crippen LogP contribution >= 0.6 is 34.8 Å². The molecule has 6 aromatic carbocycles. The highest BCUT2D eigenvalue weighted by Crippen LogP contribution is 2.63. The first kappa shape index (κ1) is 121. The number of urea groups is 1. The molecule has 6 saturated carbocycles. The summed E-state index contributed by atoms with van der Waals surface area (Å²) in [6, 6.07) is 30.1. The molecule has 0 heterocycles. The first-order valence-corrected chi connectivity index (χ1v) is 56.9. The van der Waals surface area contributed by atoms with Crippen LogP contribution in [0.2, 0.25) is 15.1 Å². The van der Waals surface area contributed by atoms with Crippen LogP contribution in [0.5, 0.6) is 11.5 Å². The molecule has 6 aliphatic rings. The third-order valence-corrected chi connectivity index (χ3v) is 35.0. The molecule has 8 amide bonds. The van der Waals surface area contributed by atoms with Gasteiger partial charge in [-0.25, -0.2) is 88.6 Å². The van der Waals surface area contributed by atoms with E-state index in [1.807, 2.05) is 80.0 Å². The number of halogens is 3. The zero-order chi connectivity index (χ0) is 110. The molecule has 146 heavy (non-hydrogen) atoms. The molecule has 0 spiro atoms. The van der Waals surface area contributed by atoms with Crippen molar-refractivity contribution in [3.8, 4) is 11.5 Å². The lowest BCUT2D eigenvalue weighted by molar-refractivity contribution is -0.145. The topological polar surface area (TPSA) is 518 Å². The maximum Gasteiger partial charge on any atom is 0.344 e. The molecule has 6 fully saturated rings. The predicted molar refractivity (Wildman–Crippen MR) is 556 cm³/mol. The van der Waals surface area contributed by atoms with Crippen molar-refractivity contribution in [1.29, 1.82) is 0 Å². The van der Waals surface area contributed by atoms with Crippen molar-refractivity contribution >= 4 is 166 Å². The van der Waals surface area contributed by atoms with E-state index in [2.05, 4.69) is 78.5 Å². The van der Waals surface area contributed by atoms with Gasteiger partial charge in [0.05, 0.1) is 97.9 Å². The van der Waals surface area contributed by atoms with Crippen molar-refractivity contribution in [2.45, 2.75) is 161 Å². The molecule has 0 unspecified atom stereocenters. The highest BCUT2D eigenvalue weighted by Gasteiger charge is 2.65. The molecule has 8 N–H and O–H groups in total. The van der Waals surface area contributed by atoms with E-state index < -0.39 is 152 Å². The van der Waals surface area contributed by atoms with Gasteiger partial charge in [0.15, 0.2) is 6.61 Å². The average molecular weight is 2200 g/mol. The summed E-state index contributed by atoms with van der Waals surface area (Å²) in [7, 11) is -21.2. The van der Waals surface area contributed by atoms with Crippen LogP contribution in [0.15, 0.2) is 223 Å². The molecule has 0 saturated heterocycles. The molecular weight excluding hydrogens is 2070 g/mol. The Morgan fingerprint density at radius 3 is 1.17 bits per heavy atom. The van der Waals surface area contributed by atoms with Gasteiger partial charge in [0.1, 0.15) is 21.3 Å². The van der Waals surface area contributed by atoms with Crippen LogP contribution in [-0.4, -0.2) is 150 Å². The van der Waals surface area contributed by atoms with Gasteiger partial charge in [-0.15, -0.1) is 39.5 Å². The number of carbonyl (C=O) groups is 10. The third-order valence-electron chi connectivity index (χ3n) is 27.0. The molecule has 796 valence electrons. The van der Waals surface area contributed by atoms with Gasteiger partial charge < -0.3 is 34.3 Å². The Balaban J connectivity index is 0.000000241. The van der Waals surface area contributed by atoms with Crippen molar-refractivity contribution in [1.82, 2.24) is 28.3 Å². The van der Waals surface area contributed by atoms with Crippen molar-refractivity contribution < 1.29 is 122 Å². The Bertz CT molecular complexity index is 6730. The Hall–Kier alpha value is -11.6. The SMILES string of the molecule is C=C[C@@H]1C[C@@]1(C(=O)NS(=O)(=O)Cc1ccccc1)C(C)C.C=C[C@@H]1C[C@@]1(C(=O)NS(=O)(=O)c1cc(C(=O)OC)ccc1OC)C(C)C.C=C[C@@H]1C[C@@]1(C(=O)NS(=O)(=O)c1cc(C(=O)OCC)ccc1Cl)C(C)C.C=C[C@@H]1C[C@@]1(C(=O)NS(=O)(=O)c1ccc(NC(=O)Nc2cc(Cl)cc(Cl)c2)cc1)C(C)C.C=C[C@@H]1C[C@@]1(C(=O)NS(=O)(=O)c1ccc(OCC(=O)OCC)c(C)c1)C(C)C.C=C[C@@H]1C[C@]1(C)C(=O)NS(C)(=O)=O. The number of anilines is 2. The zero-order valence-electron chi connectivity index (χ0n) is 84.4. The summed E-state index contributed by atoms with van der Waals surface area (Å²) in [4.78, 5) is 121. The number of rotatable bonds is 39. The molecule has 0 aliphatic heterocycles. The van der Waals surface area contributed by atoms with Crippen LogP contribution in [0.25, 0.3) is 0 Å². The van der Waals surface area contributed by atoms with E-state index in [0.29, 0.717) is 76.8 Å². The lowest BCUT2D eigenvalue weighted by atomic mass is 9.89. The second-order valence-electron chi connectivity index (χ2n) is 37.8. The number of hydrogen-bond acceptors (Lipinski definition) is 27. The molecule has 0 aromatic heterocycles. The van der Waals surface area contributed by atoms with E-state index in [-0.39, 0.29) is 132 Å². The minimum Gasteiger partial charge on any atom is -0.495 e. The monoisotopic (exact) mass is 2190 g/mol. The van der Waals surface area contributed by atoms with Crippen molar-refractivity contribution in [2.75, 3.05) is 50.9 Å². The predicted octanol–water partition coefficient (Wildman–Crippen LogP) is 15.9. The molecule has 6 aromatic rings. The van der Waals surface area contributed by atoms with Crippen LogP contribution in [-0.2, 0) is 114 Å². The van der Waals surface area contributed by atoms with E-state index in [1.165, 1.54) is 99.1 Å². The number of esters is 3. The molecule has 0 bridgehead atoms. The molecule has 6 aliphatic carbocycles. The molecule has 0 radical (unpaired) electrons. The number of ether oxygens (including phenoxy) is 5. The number of aryl methyl sites for hydroxylation is 1. The summed E-state index contributed by atoms with van der Waals surface area (Å²) >= 11 is 17.8. The van der Waals surface area contributed by atoms with Gasteiger partial charge in [0.25, 0.3) is 40.1 Å². The maximum absolute atomic E-state index is 12.8. The molecule has 44 heteroatoms. The van der Waals surface area contributed by atoms with Crippen molar-refractivity contribution in [3.05, 3.63) is 241 Å². The fraction of sp³-hybridized carbons (Fsp3) is 0.431. The van der Waals surface area contributed by atoms with Gasteiger partial charge in [-0.1, -0.05) is 178 Å². The van der Waals surface area contributed by atoms with Gasteiger partial charge >= 0.3 is 23.9 Å². The van der Waals surface area contributed by atoms with E-state index in [1.54, 1.807) is 88.4 Å². The summed E-state index contributed by atoms with van der Waals surface area (Å²) in [5, 5.41) is 5.82. The maximum atomic E-state index is 12.8. The second kappa shape index (κ2) is 49.0. The summed E-state index contributed by atoms with van der Waals surface area (Å²) in [6.07, 6.45) is 14.7. The Morgan fingerprint density at radius 2 is 0.788 bits per heavy atom. The van der Waals surface area contributed by atoms with Crippen LogP contribution in [0.4, 0.5) is 16.2 Å². The Labute approximate surface area is 871 Å². The molecule has 35 nitrogen and oxygen atoms in total. The smallest absolute Gasteiger partial charge is 0.344 e. The van der Waals surface area contributed by atoms with Gasteiger partial charge in [0, 0.05) is 21.4 Å². The number of sulfonamides is 6. The first-order chi connectivity index (χ1) is 67.9. The number of amides is 8. The third kappa shape index (κ3) is 29.3. The van der Waals surface area contributed by atoms with Crippen molar-refractivity contribution in [2.24, 2.45) is 97.6 Å². The lowest BCUT2D eigenvalue weighted by Gasteiger charge is -2.21. The van der Waals surface area contributed by atoms with Gasteiger partial charge in [0.2, 0.25) is 55.5 Å². The summed E-state index contributed by atoms with van der Waals surface area (Å²) in [5.74, 6) is -4.81. The number of methoxy groups -OCH3 is 2. The summed E-state index contributed by atoms with van der Waals surface area (Å²) in [6.45, 7) is 47.9. The standard InChI is InChI=1S/C22H23Cl2N3O4S.C20H27NO6S.C18H22ClNO5S.C18H23NO6S.C16H21NO3S.C8H13NO3S/c1-4-14-12-22(14,13(2)3)20(28)27-32(30,31)19-7-5-17(6-8-19)25-21(29)26-18-10-15(23)9-16(24)11-18;1-6-15-11-20(15,13(3)4)19(23)21-28(24,25)16-8-9-17(14(5)10-16)27-12-18(22)26-7-2;1-5-13-10-18(13,11(3)4)17(22)20-26(23,24)15-9-12(7-8-14(15)19)16(21)25-6-2;1-6-13-10-18(13,11(2)3)17(21)19-26(22,23)15-9-12(16(20)25-5)7-8-14(15)24-4;1-4-14-10-16(14,12(2)3)15(18)17-21(19,20)11-13-8-6-5-7-9-13;1-4-6-5-8(6,2)7(10)9-13(3,11)12/h4-11,13-14H,1,12H2,2-3H3,(H,27,28)(H2,25,26,29);6,8-10,13,15H,1,7,11-12H2,2-5H3,(H,21,23);5,7-9,11,13H,1,6,10H2,2-4H3,(H,20,22);6-9,11,13H,1,10H2,2-5H3,(H,19,21);4-9,12,14H,1,10-11H2,2-3H3,(H,17,18);4,6H,1,5H2,2-3H3,(H,9,10)/t14-,22-;15-,20-;2*13-,18-;14-,16-;6-,8+/m111111/s1. The number of benzene rings is 6. The largest absolute Gasteiger partial charge is 0.495 e. The average Bonchev–Trinajstić information content (AvgIpc) is 1.64. The molecular formula is C102H129Cl3N8O27S6. The van der Waals surface area contributed by atoms with Crippen molar-refractivity contribution in [3.63, 3.8) is 0 Å². The van der Waals surface area contributed by atoms with Crippen LogP contribution < -0.4 is 48.4 Å². The van der Waals surface area contributed by atoms with E-state index in [9.17, 15) is 98.5 Å². The summed E-state index contributed by atoms with van der Waals surface area (Å²) < 4.78 is 185. The second-order valence-corrected chi connectivity index (χ2v) is 49.2. The first-order valence-electron chi connectivity index (χ1n) is 46.3. The molecule has 12 rings (SSSR count). The van der Waals surface area contributed by atoms with Gasteiger partial charge in [-0.3, -0.25) is 38.2 Å². The normalized spacial score (nSPS) is 22.6. The Kier molecular flexibility index (Phi) is 40.8. The quantitative estimate of drug-likeness (QED) is 0.0101. The van der Waals surface area contributed by atoms with E-state index in [0.717, 1.165) is 18.4 Å². The van der Waals surface area contributed by atoms with Crippen LogP contribution in [0.1, 0.15) is 160 Å². The molecule has 12 atom stereocenters. The van der Waals surface area contributed by atoms with Crippen LogP contribution in [0, 0.1) is 105 Å².